The highest BCUT2D eigenvalue weighted by Gasteiger charge is 2.20. The average molecular weight is 434 g/mol. The van der Waals surface area contributed by atoms with Crippen LogP contribution >= 0.6 is 11.3 Å². The van der Waals surface area contributed by atoms with Crippen molar-refractivity contribution in [2.45, 2.75) is 45.6 Å². The third-order valence-electron chi connectivity index (χ3n) is 6.20. The molecule has 1 saturated carbocycles. The van der Waals surface area contributed by atoms with Crippen molar-refractivity contribution in [3.8, 4) is 17.0 Å². The van der Waals surface area contributed by atoms with Crippen LogP contribution in [0.2, 0.25) is 0 Å². The van der Waals surface area contributed by atoms with Crippen molar-refractivity contribution in [1.29, 1.82) is 0 Å². The number of carbonyl (C=O) groups excluding carboxylic acids is 1. The Hall–Kier alpha value is -2.86. The lowest BCUT2D eigenvalue weighted by Gasteiger charge is -2.23. The molecular formula is C25H27N3O2S. The van der Waals surface area contributed by atoms with Gasteiger partial charge in [0.05, 0.1) is 17.1 Å². The molecule has 6 heteroatoms. The molecule has 31 heavy (non-hydrogen) atoms. The van der Waals surface area contributed by atoms with Crippen LogP contribution in [0.4, 0.5) is 11.4 Å². The van der Waals surface area contributed by atoms with Crippen molar-refractivity contribution in [3.63, 3.8) is 0 Å². The number of ether oxygens (including phenoxy) is 1. The number of amides is 1. The van der Waals surface area contributed by atoms with Crippen molar-refractivity contribution in [1.82, 2.24) is 4.57 Å². The number of nitrogens with one attached hydrogen (secondary N) is 1. The molecule has 5 rings (SSSR count). The third kappa shape index (κ3) is 4.30. The van der Waals surface area contributed by atoms with Crippen LogP contribution in [-0.2, 0) is 11.3 Å². The van der Waals surface area contributed by atoms with E-state index in [4.69, 9.17) is 9.73 Å². The monoisotopic (exact) mass is 433 g/mol. The summed E-state index contributed by atoms with van der Waals surface area (Å²) in [6.45, 7) is 3.15. The second-order valence-electron chi connectivity index (χ2n) is 8.46. The quantitative estimate of drug-likeness (QED) is 0.576. The molecular weight excluding hydrogens is 406 g/mol. The molecule has 1 amide bonds. The molecule has 0 spiro atoms. The largest absolute Gasteiger partial charge is 0.482 e. The Morgan fingerprint density at radius 1 is 1.16 bits per heavy atom. The first kappa shape index (κ1) is 20.1. The molecule has 0 radical (unpaired) electrons. The minimum atomic E-state index is -0.111. The Morgan fingerprint density at radius 2 is 2.00 bits per heavy atom. The van der Waals surface area contributed by atoms with Gasteiger partial charge in [-0.25, -0.2) is 4.99 Å². The normalized spacial score (nSPS) is 17.2. The molecule has 1 aliphatic heterocycles. The summed E-state index contributed by atoms with van der Waals surface area (Å²) in [6.07, 6.45) is 6.54. The first-order valence-corrected chi connectivity index (χ1v) is 11.9. The second-order valence-corrected chi connectivity index (χ2v) is 9.30. The fourth-order valence-electron chi connectivity index (χ4n) is 4.49. The predicted molar refractivity (Wildman–Crippen MR) is 125 cm³/mol. The van der Waals surface area contributed by atoms with E-state index in [0.717, 1.165) is 39.7 Å². The maximum Gasteiger partial charge on any atom is 0.262 e. The van der Waals surface area contributed by atoms with Gasteiger partial charge < -0.3 is 14.6 Å². The van der Waals surface area contributed by atoms with Gasteiger partial charge in [-0.05, 0) is 55.5 Å². The fourth-order valence-corrected chi connectivity index (χ4v) is 5.42. The molecule has 0 atom stereocenters. The number of benzene rings is 2. The highest BCUT2D eigenvalue weighted by molar-refractivity contribution is 7.07. The maximum atomic E-state index is 11.8. The van der Waals surface area contributed by atoms with Gasteiger partial charge in [0.25, 0.3) is 5.91 Å². The number of carbonyl (C=O) groups is 1. The number of anilines is 1. The summed E-state index contributed by atoms with van der Waals surface area (Å²) in [6, 6.07) is 14.3. The van der Waals surface area contributed by atoms with Crippen LogP contribution in [0.5, 0.6) is 5.75 Å². The highest BCUT2D eigenvalue weighted by Crippen LogP contribution is 2.34. The molecule has 2 aromatic carbocycles. The van der Waals surface area contributed by atoms with Crippen molar-refractivity contribution in [2.24, 2.45) is 10.9 Å². The summed E-state index contributed by atoms with van der Waals surface area (Å²) in [5, 5.41) is 5.12. The minimum absolute atomic E-state index is 0.0753. The second kappa shape index (κ2) is 8.71. The van der Waals surface area contributed by atoms with Gasteiger partial charge in [0, 0.05) is 17.5 Å². The van der Waals surface area contributed by atoms with E-state index in [1.165, 1.54) is 37.7 Å². The molecule has 2 aliphatic rings. The van der Waals surface area contributed by atoms with Crippen LogP contribution in [0.15, 0.2) is 52.8 Å². The summed E-state index contributed by atoms with van der Waals surface area (Å²) < 4.78 is 7.92. The molecule has 1 N–H and O–H groups in total. The Kier molecular flexibility index (Phi) is 5.64. The number of aromatic nitrogens is 1. The van der Waals surface area contributed by atoms with E-state index in [1.807, 2.05) is 24.3 Å². The number of para-hydroxylation sites is 1. The van der Waals surface area contributed by atoms with E-state index >= 15 is 0 Å². The van der Waals surface area contributed by atoms with Crippen LogP contribution in [0.3, 0.4) is 0 Å². The van der Waals surface area contributed by atoms with Crippen LogP contribution in [0.25, 0.3) is 11.3 Å². The number of fused-ring (bicyclic) bond motifs is 1. The molecule has 0 unspecified atom stereocenters. The molecule has 2 heterocycles. The topological polar surface area (TPSA) is 55.6 Å². The molecule has 0 bridgehead atoms. The van der Waals surface area contributed by atoms with Crippen molar-refractivity contribution in [3.05, 3.63) is 58.2 Å². The number of rotatable bonds is 4. The summed E-state index contributed by atoms with van der Waals surface area (Å²) in [5.41, 5.74) is 5.14. The number of aryl methyl sites for hydroxylation is 1. The Morgan fingerprint density at radius 3 is 2.84 bits per heavy atom. The molecule has 0 saturated heterocycles. The molecule has 160 valence electrons. The van der Waals surface area contributed by atoms with E-state index in [0.29, 0.717) is 5.92 Å². The van der Waals surface area contributed by atoms with Crippen LogP contribution in [0.1, 0.15) is 37.7 Å². The van der Waals surface area contributed by atoms with Crippen molar-refractivity contribution in [2.75, 3.05) is 11.9 Å². The standard InChI is InChI=1S/C25H27N3O2S/c1-17-7-5-6-10-20(17)27-25-28(14-18-8-3-2-4-9-18)22(16-31-25)19-11-12-23-21(13-19)26-24(29)15-30-23/h5-7,10-13,16,18H,2-4,8-9,14-15H2,1H3,(H,26,29). The minimum Gasteiger partial charge on any atom is -0.482 e. The van der Waals surface area contributed by atoms with Gasteiger partial charge in [-0.3, -0.25) is 4.79 Å². The highest BCUT2D eigenvalue weighted by atomic mass is 32.1. The van der Waals surface area contributed by atoms with E-state index in [-0.39, 0.29) is 12.5 Å². The zero-order valence-electron chi connectivity index (χ0n) is 17.8. The lowest BCUT2D eigenvalue weighted by atomic mass is 9.89. The van der Waals surface area contributed by atoms with Crippen LogP contribution in [0, 0.1) is 12.8 Å². The number of thiazole rings is 1. The van der Waals surface area contributed by atoms with Crippen LogP contribution < -0.4 is 14.9 Å². The number of hydrogen-bond donors (Lipinski definition) is 1. The Labute approximate surface area is 186 Å². The Balaban J connectivity index is 1.59. The predicted octanol–water partition coefficient (Wildman–Crippen LogP) is 5.67. The summed E-state index contributed by atoms with van der Waals surface area (Å²) in [7, 11) is 0. The molecule has 1 aromatic heterocycles. The lowest BCUT2D eigenvalue weighted by molar-refractivity contribution is -0.118. The first-order valence-electron chi connectivity index (χ1n) is 11.0. The van der Waals surface area contributed by atoms with Gasteiger partial charge in [-0.1, -0.05) is 37.5 Å². The number of nitrogens with zero attached hydrogens (tertiary/aromatic N) is 2. The molecule has 3 aromatic rings. The van der Waals surface area contributed by atoms with E-state index < -0.39 is 0 Å². The van der Waals surface area contributed by atoms with Gasteiger partial charge in [0.2, 0.25) is 0 Å². The summed E-state index contributed by atoms with van der Waals surface area (Å²) in [5.74, 6) is 1.29. The van der Waals surface area contributed by atoms with Gasteiger partial charge in [-0.15, -0.1) is 11.3 Å². The SMILES string of the molecule is Cc1ccccc1N=c1scc(-c2ccc3c(c2)NC(=O)CO3)n1CC1CCCCC1. The van der Waals surface area contributed by atoms with E-state index in [1.54, 1.807) is 11.3 Å². The smallest absolute Gasteiger partial charge is 0.262 e. The average Bonchev–Trinajstić information content (AvgIpc) is 3.17. The van der Waals surface area contributed by atoms with Crippen molar-refractivity contribution >= 4 is 28.6 Å². The molecule has 5 nitrogen and oxygen atoms in total. The first-order chi connectivity index (χ1) is 15.2. The number of hydrogen-bond acceptors (Lipinski definition) is 4. The fraction of sp³-hybridized carbons (Fsp3) is 0.360. The van der Waals surface area contributed by atoms with Gasteiger partial charge in [0.15, 0.2) is 11.4 Å². The zero-order valence-corrected chi connectivity index (χ0v) is 18.6. The van der Waals surface area contributed by atoms with Gasteiger partial charge >= 0.3 is 0 Å². The van der Waals surface area contributed by atoms with Gasteiger partial charge in [-0.2, -0.15) is 0 Å². The summed E-state index contributed by atoms with van der Waals surface area (Å²) >= 11 is 1.68. The van der Waals surface area contributed by atoms with Gasteiger partial charge in [0.1, 0.15) is 5.75 Å². The van der Waals surface area contributed by atoms with Crippen molar-refractivity contribution < 1.29 is 9.53 Å². The zero-order chi connectivity index (χ0) is 21.2. The molecule has 1 aliphatic carbocycles. The van der Waals surface area contributed by atoms with E-state index in [2.05, 4.69) is 40.4 Å². The summed E-state index contributed by atoms with van der Waals surface area (Å²) in [4.78, 5) is 17.8. The maximum absolute atomic E-state index is 11.8. The molecule has 1 fully saturated rings. The lowest BCUT2D eigenvalue weighted by Crippen LogP contribution is -2.25. The van der Waals surface area contributed by atoms with E-state index in [9.17, 15) is 4.79 Å². The third-order valence-corrected chi connectivity index (χ3v) is 7.07. The Bertz CT molecular complexity index is 1170. The van der Waals surface area contributed by atoms with Crippen LogP contribution in [-0.4, -0.2) is 17.1 Å².